The fraction of sp³-hybridized carbons (Fsp3) is 0.929. The number of esters is 1. The highest BCUT2D eigenvalue weighted by Crippen LogP contribution is 2.21. The number of methoxy groups -OCH3 is 1. The summed E-state index contributed by atoms with van der Waals surface area (Å²) >= 11 is 0. The summed E-state index contributed by atoms with van der Waals surface area (Å²) in [5.41, 5.74) is -0.567. The number of carbonyl (C=O) groups is 1. The smallest absolute Gasteiger partial charge is 0.325 e. The number of unbranched alkanes of at least 4 members (excludes halogenated alkanes) is 1. The number of ether oxygens (including phenoxy) is 2. The lowest BCUT2D eigenvalue weighted by Gasteiger charge is -2.26. The molecule has 0 aromatic carbocycles. The second-order valence-electron chi connectivity index (χ2n) is 5.31. The molecule has 18 heavy (non-hydrogen) atoms. The van der Waals surface area contributed by atoms with Crippen LogP contribution in [0.1, 0.15) is 51.9 Å². The minimum atomic E-state index is -0.567. The van der Waals surface area contributed by atoms with Gasteiger partial charge in [-0.2, -0.15) is 0 Å². The molecule has 1 atom stereocenters. The van der Waals surface area contributed by atoms with Crippen molar-refractivity contribution in [2.75, 3.05) is 20.8 Å². The quantitative estimate of drug-likeness (QED) is 0.535. The molecule has 0 heterocycles. The summed E-state index contributed by atoms with van der Waals surface area (Å²) in [4.78, 5) is 11.6. The highest BCUT2D eigenvalue weighted by molar-refractivity contribution is 5.80. The number of rotatable bonds is 8. The summed E-state index contributed by atoms with van der Waals surface area (Å²) in [6, 6.07) is 0. The molecular weight excluding hydrogens is 230 g/mol. The van der Waals surface area contributed by atoms with E-state index in [-0.39, 0.29) is 5.97 Å². The van der Waals surface area contributed by atoms with Crippen LogP contribution < -0.4 is 5.32 Å². The Kier molecular flexibility index (Phi) is 6.65. The van der Waals surface area contributed by atoms with Crippen molar-refractivity contribution in [3.63, 3.8) is 0 Å². The lowest BCUT2D eigenvalue weighted by Crippen LogP contribution is -2.48. The van der Waals surface area contributed by atoms with E-state index in [4.69, 9.17) is 9.47 Å². The normalized spacial score (nSPS) is 19.7. The van der Waals surface area contributed by atoms with E-state index in [9.17, 15) is 4.79 Å². The third kappa shape index (κ3) is 4.58. The van der Waals surface area contributed by atoms with Crippen molar-refractivity contribution in [2.45, 2.75) is 63.5 Å². The van der Waals surface area contributed by atoms with Crippen LogP contribution in [0.3, 0.4) is 0 Å². The van der Waals surface area contributed by atoms with Crippen molar-refractivity contribution < 1.29 is 14.3 Å². The summed E-state index contributed by atoms with van der Waals surface area (Å²) in [5, 5.41) is 3.05. The lowest BCUT2D eigenvalue weighted by atomic mass is 9.95. The SMILES string of the molecule is CNC(C)(CCCCOC1CCCC1)C(=O)OC. The van der Waals surface area contributed by atoms with Gasteiger partial charge in [-0.1, -0.05) is 12.8 Å². The molecule has 4 heteroatoms. The first-order valence-corrected chi connectivity index (χ1v) is 7.01. The third-order valence-corrected chi connectivity index (χ3v) is 3.91. The number of hydrogen-bond acceptors (Lipinski definition) is 4. The average molecular weight is 257 g/mol. The van der Waals surface area contributed by atoms with E-state index in [0.717, 1.165) is 25.9 Å². The van der Waals surface area contributed by atoms with Gasteiger partial charge in [0.1, 0.15) is 5.54 Å². The van der Waals surface area contributed by atoms with Gasteiger partial charge in [-0.15, -0.1) is 0 Å². The summed E-state index contributed by atoms with van der Waals surface area (Å²) in [6.45, 7) is 2.70. The molecule has 0 bridgehead atoms. The van der Waals surface area contributed by atoms with Gasteiger partial charge in [0, 0.05) is 6.61 Å². The van der Waals surface area contributed by atoms with Crippen molar-refractivity contribution in [3.05, 3.63) is 0 Å². The number of nitrogens with one attached hydrogen (secondary N) is 1. The topological polar surface area (TPSA) is 47.6 Å². The molecule has 1 N–H and O–H groups in total. The molecule has 1 aliphatic carbocycles. The molecule has 1 aliphatic rings. The van der Waals surface area contributed by atoms with Crippen LogP contribution in [-0.4, -0.2) is 38.4 Å². The molecule has 106 valence electrons. The zero-order valence-electron chi connectivity index (χ0n) is 12.0. The molecule has 4 nitrogen and oxygen atoms in total. The Morgan fingerprint density at radius 2 is 2.00 bits per heavy atom. The van der Waals surface area contributed by atoms with Crippen LogP contribution in [0.2, 0.25) is 0 Å². The van der Waals surface area contributed by atoms with Crippen LogP contribution in [0.5, 0.6) is 0 Å². The standard InChI is InChI=1S/C14H27NO3/c1-14(15-2,13(16)17-3)10-6-7-11-18-12-8-4-5-9-12/h12,15H,4-11H2,1-3H3. The zero-order chi connectivity index (χ0) is 13.4. The van der Waals surface area contributed by atoms with Crippen LogP contribution >= 0.6 is 0 Å². The van der Waals surface area contributed by atoms with Gasteiger partial charge in [0.05, 0.1) is 13.2 Å². The van der Waals surface area contributed by atoms with E-state index in [1.54, 1.807) is 7.05 Å². The Morgan fingerprint density at radius 3 is 2.56 bits per heavy atom. The van der Waals surface area contributed by atoms with E-state index in [2.05, 4.69) is 5.32 Å². The maximum absolute atomic E-state index is 11.6. The van der Waals surface area contributed by atoms with Crippen LogP contribution in [0, 0.1) is 0 Å². The van der Waals surface area contributed by atoms with Gasteiger partial charge in [-0.05, 0) is 46.1 Å². The summed E-state index contributed by atoms with van der Waals surface area (Å²) in [5.74, 6) is -0.193. The molecule has 0 spiro atoms. The molecule has 1 rings (SSSR count). The van der Waals surface area contributed by atoms with Crippen molar-refractivity contribution in [3.8, 4) is 0 Å². The molecule has 1 fully saturated rings. The Bertz CT molecular complexity index is 251. The average Bonchev–Trinajstić information content (AvgIpc) is 2.90. The maximum Gasteiger partial charge on any atom is 0.325 e. The molecule has 0 saturated heterocycles. The maximum atomic E-state index is 11.6. The molecular formula is C14H27NO3. The second-order valence-corrected chi connectivity index (χ2v) is 5.31. The molecule has 0 amide bonds. The van der Waals surface area contributed by atoms with Gasteiger partial charge in [0.25, 0.3) is 0 Å². The van der Waals surface area contributed by atoms with Crippen molar-refractivity contribution in [1.82, 2.24) is 5.32 Å². The fourth-order valence-corrected chi connectivity index (χ4v) is 2.44. The number of likely N-dealkylation sites (N-methyl/N-ethyl adjacent to an activating group) is 1. The van der Waals surface area contributed by atoms with Gasteiger partial charge < -0.3 is 14.8 Å². The Balaban J connectivity index is 2.13. The predicted octanol–water partition coefficient (Wildman–Crippen LogP) is 2.27. The summed E-state index contributed by atoms with van der Waals surface area (Å²) < 4.78 is 10.6. The number of hydrogen-bond donors (Lipinski definition) is 1. The Hall–Kier alpha value is -0.610. The second kappa shape index (κ2) is 7.74. The predicted molar refractivity (Wildman–Crippen MR) is 71.5 cm³/mol. The lowest BCUT2D eigenvalue weighted by molar-refractivity contribution is -0.148. The van der Waals surface area contributed by atoms with Gasteiger partial charge in [0.2, 0.25) is 0 Å². The molecule has 1 saturated carbocycles. The molecule has 0 radical (unpaired) electrons. The van der Waals surface area contributed by atoms with E-state index >= 15 is 0 Å². The van der Waals surface area contributed by atoms with Crippen LogP contribution in [-0.2, 0) is 14.3 Å². The zero-order valence-corrected chi connectivity index (χ0v) is 12.0. The summed E-state index contributed by atoms with van der Waals surface area (Å²) in [6.07, 6.45) is 8.30. The van der Waals surface area contributed by atoms with Gasteiger partial charge in [-0.3, -0.25) is 4.79 Å². The van der Waals surface area contributed by atoms with Crippen LogP contribution in [0.4, 0.5) is 0 Å². The minimum Gasteiger partial charge on any atom is -0.468 e. The minimum absolute atomic E-state index is 0.193. The third-order valence-electron chi connectivity index (χ3n) is 3.91. The number of carbonyl (C=O) groups excluding carboxylic acids is 1. The van der Waals surface area contributed by atoms with Crippen molar-refractivity contribution >= 4 is 5.97 Å². The van der Waals surface area contributed by atoms with Gasteiger partial charge in [-0.25, -0.2) is 0 Å². The van der Waals surface area contributed by atoms with Crippen molar-refractivity contribution in [1.29, 1.82) is 0 Å². The van der Waals surface area contributed by atoms with Crippen LogP contribution in [0.25, 0.3) is 0 Å². The molecule has 0 aromatic heterocycles. The highest BCUT2D eigenvalue weighted by Gasteiger charge is 2.31. The first-order chi connectivity index (χ1) is 8.62. The van der Waals surface area contributed by atoms with Gasteiger partial charge in [0.15, 0.2) is 0 Å². The first kappa shape index (κ1) is 15.4. The first-order valence-electron chi connectivity index (χ1n) is 7.01. The van der Waals surface area contributed by atoms with Crippen molar-refractivity contribution in [2.24, 2.45) is 0 Å². The van der Waals surface area contributed by atoms with E-state index in [0.29, 0.717) is 6.10 Å². The molecule has 0 aromatic rings. The summed E-state index contributed by atoms with van der Waals surface area (Å²) in [7, 11) is 3.23. The van der Waals surface area contributed by atoms with E-state index < -0.39 is 5.54 Å². The van der Waals surface area contributed by atoms with Gasteiger partial charge >= 0.3 is 5.97 Å². The van der Waals surface area contributed by atoms with E-state index in [1.807, 2.05) is 6.92 Å². The van der Waals surface area contributed by atoms with E-state index in [1.165, 1.54) is 32.8 Å². The Morgan fingerprint density at radius 1 is 1.33 bits per heavy atom. The molecule has 1 unspecified atom stereocenters. The Labute approximate surface area is 110 Å². The fourth-order valence-electron chi connectivity index (χ4n) is 2.44. The largest absolute Gasteiger partial charge is 0.468 e. The monoisotopic (exact) mass is 257 g/mol. The molecule has 0 aliphatic heterocycles. The van der Waals surface area contributed by atoms with Crippen LogP contribution in [0.15, 0.2) is 0 Å². The highest BCUT2D eigenvalue weighted by atomic mass is 16.5.